The zero-order valence-corrected chi connectivity index (χ0v) is 18.1. The first-order chi connectivity index (χ1) is 13.9. The lowest BCUT2D eigenvalue weighted by molar-refractivity contribution is -0.120. The average Bonchev–Trinajstić information content (AvgIpc) is 2.75. The van der Waals surface area contributed by atoms with Crippen molar-refractivity contribution in [3.63, 3.8) is 0 Å². The van der Waals surface area contributed by atoms with Crippen molar-refractivity contribution < 1.29 is 13.2 Å². The van der Waals surface area contributed by atoms with Gasteiger partial charge in [-0.15, -0.1) is 0 Å². The first-order valence-electron chi connectivity index (χ1n) is 9.49. The molecule has 1 atom stereocenters. The van der Waals surface area contributed by atoms with E-state index in [1.165, 1.54) is 4.31 Å². The van der Waals surface area contributed by atoms with Crippen molar-refractivity contribution in [2.24, 2.45) is 5.92 Å². The third kappa shape index (κ3) is 4.37. The monoisotopic (exact) mass is 472 g/mol. The van der Waals surface area contributed by atoms with E-state index in [1.54, 1.807) is 12.1 Å². The van der Waals surface area contributed by atoms with Crippen molar-refractivity contribution in [1.82, 2.24) is 4.31 Å². The summed E-state index contributed by atoms with van der Waals surface area (Å²) >= 11 is 3.37. The molecule has 1 N–H and O–H groups in total. The van der Waals surface area contributed by atoms with E-state index >= 15 is 0 Å². The number of fused-ring (bicyclic) bond motifs is 1. The van der Waals surface area contributed by atoms with Crippen LogP contribution in [-0.2, 0) is 14.8 Å². The van der Waals surface area contributed by atoms with Crippen LogP contribution in [0.3, 0.4) is 0 Å². The highest BCUT2D eigenvalue weighted by atomic mass is 79.9. The molecule has 7 heteroatoms. The minimum absolute atomic E-state index is 0.147. The Balaban J connectivity index is 1.51. The average molecular weight is 473 g/mol. The van der Waals surface area contributed by atoms with Crippen LogP contribution in [0, 0.1) is 5.92 Å². The minimum Gasteiger partial charge on any atom is -0.326 e. The number of hydrogen-bond donors (Lipinski definition) is 1. The maximum absolute atomic E-state index is 13.2. The van der Waals surface area contributed by atoms with Crippen LogP contribution < -0.4 is 5.32 Å². The summed E-state index contributed by atoms with van der Waals surface area (Å²) in [4.78, 5) is 13.0. The number of anilines is 1. The van der Waals surface area contributed by atoms with E-state index < -0.39 is 10.0 Å². The van der Waals surface area contributed by atoms with Gasteiger partial charge in [-0.05, 0) is 60.0 Å². The van der Waals surface area contributed by atoms with Crippen LogP contribution in [0.2, 0.25) is 0 Å². The van der Waals surface area contributed by atoms with Crippen molar-refractivity contribution >= 4 is 48.3 Å². The van der Waals surface area contributed by atoms with E-state index in [-0.39, 0.29) is 23.3 Å². The number of halogens is 1. The molecule has 0 spiro atoms. The number of hydrogen-bond acceptors (Lipinski definition) is 3. The summed E-state index contributed by atoms with van der Waals surface area (Å²) in [5, 5.41) is 4.77. The summed E-state index contributed by atoms with van der Waals surface area (Å²) in [6.07, 6.45) is 1.33. The summed E-state index contributed by atoms with van der Waals surface area (Å²) in [7, 11) is -3.65. The van der Waals surface area contributed by atoms with E-state index in [0.29, 0.717) is 25.1 Å². The zero-order valence-electron chi connectivity index (χ0n) is 15.7. The number of nitrogens with zero attached hydrogens (tertiary/aromatic N) is 1. The molecular weight excluding hydrogens is 452 g/mol. The molecule has 1 fully saturated rings. The van der Waals surface area contributed by atoms with Crippen molar-refractivity contribution in [2.75, 3.05) is 18.4 Å². The lowest BCUT2D eigenvalue weighted by Gasteiger charge is -2.31. The zero-order chi connectivity index (χ0) is 20.4. The Morgan fingerprint density at radius 3 is 2.48 bits per heavy atom. The minimum atomic E-state index is -3.65. The quantitative estimate of drug-likeness (QED) is 0.601. The summed E-state index contributed by atoms with van der Waals surface area (Å²) < 4.78 is 28.7. The number of sulfonamides is 1. The maximum Gasteiger partial charge on any atom is 0.243 e. The number of nitrogens with one attached hydrogen (secondary N) is 1. The lowest BCUT2D eigenvalue weighted by Crippen LogP contribution is -2.43. The molecule has 4 rings (SSSR count). The van der Waals surface area contributed by atoms with Crippen LogP contribution in [0.1, 0.15) is 12.8 Å². The first-order valence-corrected chi connectivity index (χ1v) is 11.7. The van der Waals surface area contributed by atoms with Gasteiger partial charge in [0.25, 0.3) is 0 Å². The smallest absolute Gasteiger partial charge is 0.243 e. The lowest BCUT2D eigenvalue weighted by atomic mass is 9.99. The molecule has 0 aromatic heterocycles. The van der Waals surface area contributed by atoms with Crippen molar-refractivity contribution in [1.29, 1.82) is 0 Å². The van der Waals surface area contributed by atoms with Gasteiger partial charge in [0.1, 0.15) is 0 Å². The molecule has 1 unspecified atom stereocenters. The number of piperidine rings is 1. The van der Waals surface area contributed by atoms with Gasteiger partial charge in [-0.2, -0.15) is 4.31 Å². The normalized spacial score (nSPS) is 17.9. The highest BCUT2D eigenvalue weighted by Gasteiger charge is 2.33. The summed E-state index contributed by atoms with van der Waals surface area (Å²) in [6, 6.07) is 20.2. The molecule has 1 aliphatic heterocycles. The molecule has 150 valence electrons. The van der Waals surface area contributed by atoms with Crippen LogP contribution in [-0.4, -0.2) is 31.7 Å². The van der Waals surface area contributed by atoms with Gasteiger partial charge in [0.15, 0.2) is 0 Å². The second-order valence-corrected chi connectivity index (χ2v) is 10.1. The second-order valence-electron chi connectivity index (χ2n) is 7.21. The fraction of sp³-hybridized carbons (Fsp3) is 0.227. The van der Waals surface area contributed by atoms with E-state index in [2.05, 4.69) is 21.2 Å². The Morgan fingerprint density at radius 2 is 1.72 bits per heavy atom. The molecule has 1 amide bonds. The molecule has 0 saturated carbocycles. The van der Waals surface area contributed by atoms with Crippen molar-refractivity contribution in [3.05, 3.63) is 71.2 Å². The summed E-state index contributed by atoms with van der Waals surface area (Å²) in [5.41, 5.74) is 0.702. The Kier molecular flexibility index (Phi) is 5.72. The van der Waals surface area contributed by atoms with Crippen LogP contribution >= 0.6 is 15.9 Å². The predicted molar refractivity (Wildman–Crippen MR) is 118 cm³/mol. The highest BCUT2D eigenvalue weighted by molar-refractivity contribution is 9.10. The highest BCUT2D eigenvalue weighted by Crippen LogP contribution is 2.27. The Hall–Kier alpha value is -2.22. The van der Waals surface area contributed by atoms with Gasteiger partial charge in [-0.1, -0.05) is 46.3 Å². The fourth-order valence-electron chi connectivity index (χ4n) is 3.63. The van der Waals surface area contributed by atoms with Crippen LogP contribution in [0.4, 0.5) is 5.69 Å². The molecule has 1 heterocycles. The molecule has 1 aliphatic rings. The van der Waals surface area contributed by atoms with Crippen molar-refractivity contribution in [2.45, 2.75) is 17.7 Å². The second kappa shape index (κ2) is 8.26. The molecule has 1 saturated heterocycles. The Bertz CT molecular complexity index is 1150. The van der Waals surface area contributed by atoms with Gasteiger partial charge in [0.05, 0.1) is 10.8 Å². The molecule has 3 aromatic carbocycles. The Labute approximate surface area is 178 Å². The van der Waals surface area contributed by atoms with Gasteiger partial charge in [-0.25, -0.2) is 8.42 Å². The van der Waals surface area contributed by atoms with Gasteiger partial charge >= 0.3 is 0 Å². The number of rotatable bonds is 4. The third-order valence-corrected chi connectivity index (χ3v) is 7.62. The molecule has 3 aromatic rings. The van der Waals surface area contributed by atoms with Gasteiger partial charge in [0.2, 0.25) is 15.9 Å². The predicted octanol–water partition coefficient (Wildman–Crippen LogP) is 4.64. The number of benzene rings is 3. The summed E-state index contributed by atoms with van der Waals surface area (Å²) in [5.74, 6) is -0.520. The van der Waals surface area contributed by atoms with Crippen LogP contribution in [0.25, 0.3) is 10.8 Å². The topological polar surface area (TPSA) is 66.5 Å². The summed E-state index contributed by atoms with van der Waals surface area (Å²) in [6.45, 7) is 0.620. The number of amides is 1. The van der Waals surface area contributed by atoms with Crippen molar-refractivity contribution in [3.8, 4) is 0 Å². The third-order valence-electron chi connectivity index (χ3n) is 5.23. The molecule has 5 nitrogen and oxygen atoms in total. The molecule has 0 bridgehead atoms. The van der Waals surface area contributed by atoms with Crippen LogP contribution in [0.15, 0.2) is 76.1 Å². The number of carbonyl (C=O) groups is 1. The van der Waals surface area contributed by atoms with E-state index in [0.717, 1.165) is 15.2 Å². The largest absolute Gasteiger partial charge is 0.326 e. The van der Waals surface area contributed by atoms with Crippen LogP contribution in [0.5, 0.6) is 0 Å². The van der Waals surface area contributed by atoms with E-state index in [4.69, 9.17) is 0 Å². The van der Waals surface area contributed by atoms with Gasteiger partial charge < -0.3 is 5.32 Å². The molecule has 0 radical (unpaired) electrons. The SMILES string of the molecule is O=C(Nc1ccc(Br)cc1)C1CCCN(S(=O)(=O)c2ccc3ccccc3c2)C1. The standard InChI is InChI=1S/C22H21BrN2O3S/c23-19-8-10-20(11-9-19)24-22(26)18-6-3-13-25(15-18)29(27,28)21-12-7-16-4-1-2-5-17(16)14-21/h1-2,4-5,7-12,14,18H,3,6,13,15H2,(H,24,26). The first kappa shape index (κ1) is 20.1. The molecule has 29 heavy (non-hydrogen) atoms. The van der Waals surface area contributed by atoms with E-state index in [1.807, 2.05) is 54.6 Å². The molecular formula is C22H21BrN2O3S. The molecule has 0 aliphatic carbocycles. The number of carbonyl (C=O) groups excluding carboxylic acids is 1. The van der Waals surface area contributed by atoms with E-state index in [9.17, 15) is 13.2 Å². The van der Waals surface area contributed by atoms with Gasteiger partial charge in [-0.3, -0.25) is 4.79 Å². The maximum atomic E-state index is 13.2. The Morgan fingerprint density at radius 1 is 1.00 bits per heavy atom. The fourth-order valence-corrected chi connectivity index (χ4v) is 5.45. The van der Waals surface area contributed by atoms with Gasteiger partial charge in [0, 0.05) is 23.2 Å².